The Bertz CT molecular complexity index is 1140. The number of hydrogen-bond acceptors (Lipinski definition) is 7. The number of fused-ring (bicyclic) bond motifs is 1. The lowest BCUT2D eigenvalue weighted by Gasteiger charge is -2.02. The Kier molecular flexibility index (Phi) is 4.49. The molecule has 4 rings (SSSR count). The van der Waals surface area contributed by atoms with Crippen LogP contribution in [0.25, 0.3) is 20.0 Å². The number of anilines is 2. The van der Waals surface area contributed by atoms with Gasteiger partial charge in [-0.1, -0.05) is 46.7 Å². The average Bonchev–Trinajstić information content (AvgIpc) is 3.20. The van der Waals surface area contributed by atoms with Crippen molar-refractivity contribution in [1.82, 2.24) is 10.2 Å². The first kappa shape index (κ1) is 17.2. The topological polar surface area (TPSA) is 81.0 Å². The van der Waals surface area contributed by atoms with Crippen LogP contribution in [0.15, 0.2) is 42.5 Å². The maximum absolute atomic E-state index is 11.1. The predicted octanol–water partition coefficient (Wildman–Crippen LogP) is 6.38. The van der Waals surface area contributed by atoms with Gasteiger partial charge in [0.05, 0.1) is 14.8 Å². The maximum atomic E-state index is 11.1. The highest BCUT2D eigenvalue weighted by Crippen LogP contribution is 2.44. The van der Waals surface area contributed by atoms with Crippen LogP contribution in [0.4, 0.5) is 16.5 Å². The van der Waals surface area contributed by atoms with Gasteiger partial charge in [-0.15, -0.1) is 21.5 Å². The third-order valence-electron chi connectivity index (χ3n) is 3.55. The van der Waals surface area contributed by atoms with Crippen LogP contribution in [0.2, 0.25) is 10.0 Å². The molecule has 2 aromatic carbocycles. The molecule has 2 heterocycles. The van der Waals surface area contributed by atoms with Crippen LogP contribution in [0.3, 0.4) is 0 Å². The van der Waals surface area contributed by atoms with E-state index in [1.165, 1.54) is 28.7 Å². The monoisotopic (exact) mass is 422 g/mol. The van der Waals surface area contributed by atoms with Crippen LogP contribution in [-0.4, -0.2) is 15.1 Å². The van der Waals surface area contributed by atoms with Crippen LogP contribution in [0, 0.1) is 10.1 Å². The number of aromatic nitrogens is 2. The molecule has 0 aliphatic rings. The summed E-state index contributed by atoms with van der Waals surface area (Å²) in [5.41, 5.74) is 0.327. The van der Waals surface area contributed by atoms with Gasteiger partial charge in [0, 0.05) is 21.2 Å². The second kappa shape index (κ2) is 6.81. The number of rotatable bonds is 4. The maximum Gasteiger partial charge on any atom is 0.292 e. The number of benzene rings is 2. The summed E-state index contributed by atoms with van der Waals surface area (Å²) in [5, 5.41) is 25.4. The van der Waals surface area contributed by atoms with Crippen molar-refractivity contribution in [3.8, 4) is 9.88 Å². The second-order valence-corrected chi connectivity index (χ2v) is 8.04. The molecule has 0 bridgehead atoms. The van der Waals surface area contributed by atoms with Gasteiger partial charge < -0.3 is 5.32 Å². The largest absolute Gasteiger partial charge is 0.324 e. The SMILES string of the molecule is O=[N+]([O-])c1ccccc1Nc1nnc(-c2sc3ccc(Cl)cc3c2Cl)s1. The minimum absolute atomic E-state index is 0.0289. The normalized spacial score (nSPS) is 11.0. The summed E-state index contributed by atoms with van der Waals surface area (Å²) in [6.07, 6.45) is 0. The molecule has 0 amide bonds. The third-order valence-corrected chi connectivity index (χ3v) is 6.45. The lowest BCUT2D eigenvalue weighted by Crippen LogP contribution is -1.96. The molecule has 2 aromatic heterocycles. The number of nitrogens with zero attached hydrogens (tertiary/aromatic N) is 3. The summed E-state index contributed by atoms with van der Waals surface area (Å²) in [7, 11) is 0. The van der Waals surface area contributed by atoms with Gasteiger partial charge in [0.1, 0.15) is 5.69 Å². The summed E-state index contributed by atoms with van der Waals surface area (Å²) in [6.45, 7) is 0. The molecule has 10 heteroatoms. The molecule has 0 fully saturated rings. The Labute approximate surface area is 165 Å². The molecule has 4 aromatic rings. The number of nitrogens with one attached hydrogen (secondary N) is 1. The molecule has 130 valence electrons. The Balaban J connectivity index is 1.69. The molecule has 0 atom stereocenters. The fourth-order valence-electron chi connectivity index (χ4n) is 2.40. The van der Waals surface area contributed by atoms with E-state index in [0.717, 1.165) is 15.0 Å². The highest BCUT2D eigenvalue weighted by atomic mass is 35.5. The highest BCUT2D eigenvalue weighted by molar-refractivity contribution is 7.27. The fourth-order valence-corrected chi connectivity index (χ4v) is 4.95. The van der Waals surface area contributed by atoms with Crippen molar-refractivity contribution >= 4 is 72.5 Å². The van der Waals surface area contributed by atoms with Crippen molar-refractivity contribution in [3.05, 3.63) is 62.6 Å². The van der Waals surface area contributed by atoms with Gasteiger partial charge in [-0.3, -0.25) is 10.1 Å². The summed E-state index contributed by atoms with van der Waals surface area (Å²) < 4.78 is 0.998. The Morgan fingerprint density at radius 1 is 1.08 bits per heavy atom. The van der Waals surface area contributed by atoms with Gasteiger partial charge in [0.2, 0.25) is 5.13 Å². The Morgan fingerprint density at radius 2 is 1.88 bits per heavy atom. The van der Waals surface area contributed by atoms with Crippen molar-refractivity contribution in [3.63, 3.8) is 0 Å². The minimum Gasteiger partial charge on any atom is -0.324 e. The summed E-state index contributed by atoms with van der Waals surface area (Å²) in [4.78, 5) is 11.5. The molecule has 0 saturated carbocycles. The van der Waals surface area contributed by atoms with Crippen molar-refractivity contribution in [2.45, 2.75) is 0 Å². The van der Waals surface area contributed by atoms with Crippen molar-refractivity contribution in [1.29, 1.82) is 0 Å². The lowest BCUT2D eigenvalue weighted by atomic mass is 10.2. The Morgan fingerprint density at radius 3 is 2.69 bits per heavy atom. The van der Waals surface area contributed by atoms with Gasteiger partial charge in [0.15, 0.2) is 5.01 Å². The first-order chi connectivity index (χ1) is 12.5. The van der Waals surface area contributed by atoms with Crippen molar-refractivity contribution < 1.29 is 4.92 Å². The molecule has 26 heavy (non-hydrogen) atoms. The van der Waals surface area contributed by atoms with E-state index in [1.807, 2.05) is 18.2 Å². The van der Waals surface area contributed by atoms with Crippen LogP contribution in [0.5, 0.6) is 0 Å². The predicted molar refractivity (Wildman–Crippen MR) is 107 cm³/mol. The van der Waals surface area contributed by atoms with Crippen molar-refractivity contribution in [2.24, 2.45) is 0 Å². The molecular formula is C16H8Cl2N4O2S2. The molecule has 0 radical (unpaired) electrons. The molecule has 0 unspecified atom stereocenters. The average molecular weight is 423 g/mol. The number of nitro groups is 1. The Hall–Kier alpha value is -2.26. The van der Waals surface area contributed by atoms with Gasteiger partial charge in [-0.05, 0) is 24.3 Å². The zero-order chi connectivity index (χ0) is 18.3. The van der Waals surface area contributed by atoms with Gasteiger partial charge in [-0.25, -0.2) is 0 Å². The van der Waals surface area contributed by atoms with Crippen LogP contribution < -0.4 is 5.32 Å². The summed E-state index contributed by atoms with van der Waals surface area (Å²) >= 11 is 15.3. The summed E-state index contributed by atoms with van der Waals surface area (Å²) in [6, 6.07) is 11.9. The molecule has 6 nitrogen and oxygen atoms in total. The van der Waals surface area contributed by atoms with Gasteiger partial charge >= 0.3 is 0 Å². The van der Waals surface area contributed by atoms with E-state index in [-0.39, 0.29) is 5.69 Å². The number of para-hydroxylation sites is 2. The first-order valence-corrected chi connectivity index (χ1v) is 9.63. The summed E-state index contributed by atoms with van der Waals surface area (Å²) in [5.74, 6) is 0. The fraction of sp³-hybridized carbons (Fsp3) is 0. The number of nitro benzene ring substituents is 1. The number of thiophene rings is 1. The number of hydrogen-bond donors (Lipinski definition) is 1. The molecule has 0 aliphatic carbocycles. The zero-order valence-corrected chi connectivity index (χ0v) is 15.9. The van der Waals surface area contributed by atoms with E-state index in [4.69, 9.17) is 23.2 Å². The molecular weight excluding hydrogens is 415 g/mol. The molecule has 1 N–H and O–H groups in total. The van der Waals surface area contributed by atoms with E-state index >= 15 is 0 Å². The quantitative estimate of drug-likeness (QED) is 0.304. The van der Waals surface area contributed by atoms with Gasteiger partial charge in [0.25, 0.3) is 5.69 Å². The van der Waals surface area contributed by atoms with Crippen molar-refractivity contribution in [2.75, 3.05) is 5.32 Å². The van der Waals surface area contributed by atoms with Gasteiger partial charge in [-0.2, -0.15) is 0 Å². The van der Waals surface area contributed by atoms with E-state index in [2.05, 4.69) is 15.5 Å². The lowest BCUT2D eigenvalue weighted by molar-refractivity contribution is -0.383. The molecule has 0 saturated heterocycles. The first-order valence-electron chi connectivity index (χ1n) is 7.25. The van der Waals surface area contributed by atoms with E-state index in [1.54, 1.807) is 18.2 Å². The third kappa shape index (κ3) is 3.12. The van der Waals surface area contributed by atoms with Crippen LogP contribution >= 0.6 is 45.9 Å². The van der Waals surface area contributed by atoms with E-state index < -0.39 is 4.92 Å². The molecule has 0 spiro atoms. The van der Waals surface area contributed by atoms with Crippen LogP contribution in [0.1, 0.15) is 0 Å². The smallest absolute Gasteiger partial charge is 0.292 e. The number of halogens is 2. The molecule has 0 aliphatic heterocycles. The van der Waals surface area contributed by atoms with Crippen LogP contribution in [-0.2, 0) is 0 Å². The van der Waals surface area contributed by atoms with E-state index in [0.29, 0.717) is 25.9 Å². The minimum atomic E-state index is -0.448. The van der Waals surface area contributed by atoms with E-state index in [9.17, 15) is 10.1 Å². The second-order valence-electron chi connectivity index (χ2n) is 5.20. The highest BCUT2D eigenvalue weighted by Gasteiger charge is 2.18. The zero-order valence-electron chi connectivity index (χ0n) is 12.8. The standard InChI is InChI=1S/C16H8Cl2N4O2S2/c17-8-5-6-12-9(7-8)13(18)14(25-12)15-20-21-16(26-15)19-10-3-1-2-4-11(10)22(23)24/h1-7H,(H,19,21).